The fraction of sp³-hybridized carbons (Fsp3) is 1.00. The van der Waals surface area contributed by atoms with Gasteiger partial charge in [0.1, 0.15) is 0 Å². The summed E-state index contributed by atoms with van der Waals surface area (Å²) in [7, 11) is 0. The Labute approximate surface area is 96.4 Å². The summed E-state index contributed by atoms with van der Waals surface area (Å²) < 4.78 is 27.8. The molecule has 1 unspecified atom stereocenters. The van der Waals surface area contributed by atoms with Crippen molar-refractivity contribution in [2.45, 2.75) is 63.6 Å². The molecule has 0 radical (unpaired) electrons. The zero-order valence-electron chi connectivity index (χ0n) is 10.2. The number of nitrogens with one attached hydrogen (secondary N) is 1. The third-order valence-electron chi connectivity index (χ3n) is 3.90. The molecule has 16 heavy (non-hydrogen) atoms. The van der Waals surface area contributed by atoms with E-state index >= 15 is 0 Å². The van der Waals surface area contributed by atoms with Crippen molar-refractivity contribution in [3.05, 3.63) is 0 Å². The molecule has 4 heteroatoms. The normalized spacial score (nSPS) is 31.7. The molecule has 0 aromatic rings. The zero-order chi connectivity index (χ0) is 11.8. The first kappa shape index (κ1) is 12.2. The molecule has 1 aliphatic carbocycles. The van der Waals surface area contributed by atoms with Crippen molar-refractivity contribution >= 4 is 0 Å². The van der Waals surface area contributed by atoms with Crippen LogP contribution in [0.15, 0.2) is 0 Å². The van der Waals surface area contributed by atoms with Crippen molar-refractivity contribution < 1.29 is 8.78 Å². The van der Waals surface area contributed by atoms with Crippen LogP contribution in [0.4, 0.5) is 8.78 Å². The molecule has 0 amide bonds. The number of alkyl halides is 2. The average molecular weight is 232 g/mol. The summed E-state index contributed by atoms with van der Waals surface area (Å²) in [5, 5.41) is 3.13. The monoisotopic (exact) mass is 232 g/mol. The van der Waals surface area contributed by atoms with Crippen molar-refractivity contribution in [1.29, 1.82) is 0 Å². The predicted molar refractivity (Wildman–Crippen MR) is 60.8 cm³/mol. The summed E-state index contributed by atoms with van der Waals surface area (Å²) in [6, 6.07) is -0.0372. The van der Waals surface area contributed by atoms with Crippen LogP contribution in [0, 0.1) is 0 Å². The standard InChI is InChI=1S/C12H22F2N2/c1-9(2)16-7-6-11(12(13,14)8-16)15-10-4-3-5-10/h9-11,15H,3-8H2,1-2H3. The van der Waals surface area contributed by atoms with Gasteiger partial charge in [-0.3, -0.25) is 4.90 Å². The van der Waals surface area contributed by atoms with Gasteiger partial charge in [-0.1, -0.05) is 6.42 Å². The largest absolute Gasteiger partial charge is 0.306 e. The van der Waals surface area contributed by atoms with Crippen molar-refractivity contribution in [2.24, 2.45) is 0 Å². The van der Waals surface area contributed by atoms with E-state index in [1.807, 2.05) is 18.7 Å². The summed E-state index contributed by atoms with van der Waals surface area (Å²) in [4.78, 5) is 1.87. The fourth-order valence-corrected chi connectivity index (χ4v) is 2.47. The van der Waals surface area contributed by atoms with Gasteiger partial charge in [-0.25, -0.2) is 8.78 Å². The van der Waals surface area contributed by atoms with Gasteiger partial charge in [0.25, 0.3) is 5.92 Å². The van der Waals surface area contributed by atoms with Crippen LogP contribution in [-0.2, 0) is 0 Å². The van der Waals surface area contributed by atoms with Gasteiger partial charge < -0.3 is 5.32 Å². The number of nitrogens with zero attached hydrogens (tertiary/aromatic N) is 1. The topological polar surface area (TPSA) is 15.3 Å². The van der Waals surface area contributed by atoms with Gasteiger partial charge in [-0.05, 0) is 33.1 Å². The van der Waals surface area contributed by atoms with E-state index in [2.05, 4.69) is 5.32 Å². The molecular formula is C12H22F2N2. The van der Waals surface area contributed by atoms with E-state index in [4.69, 9.17) is 0 Å². The summed E-state index contributed by atoms with van der Waals surface area (Å²) in [6.45, 7) is 4.66. The lowest BCUT2D eigenvalue weighted by Gasteiger charge is -2.43. The lowest BCUT2D eigenvalue weighted by Crippen LogP contribution is -2.60. The molecule has 2 aliphatic rings. The molecule has 0 aromatic carbocycles. The molecule has 94 valence electrons. The van der Waals surface area contributed by atoms with Crippen molar-refractivity contribution in [3.8, 4) is 0 Å². The highest BCUT2D eigenvalue weighted by molar-refractivity contribution is 4.95. The number of rotatable bonds is 3. The summed E-state index contributed by atoms with van der Waals surface area (Å²) in [6.07, 6.45) is 3.90. The molecular weight excluding hydrogens is 210 g/mol. The first-order valence-corrected chi connectivity index (χ1v) is 6.37. The zero-order valence-corrected chi connectivity index (χ0v) is 10.2. The molecule has 0 spiro atoms. The van der Waals surface area contributed by atoms with Gasteiger partial charge in [-0.2, -0.15) is 0 Å². The summed E-state index contributed by atoms with van der Waals surface area (Å²) >= 11 is 0. The summed E-state index contributed by atoms with van der Waals surface area (Å²) in [5.41, 5.74) is 0. The number of halogens is 2. The van der Waals surface area contributed by atoms with Crippen LogP contribution >= 0.6 is 0 Å². The van der Waals surface area contributed by atoms with E-state index in [-0.39, 0.29) is 12.6 Å². The quantitative estimate of drug-likeness (QED) is 0.803. The number of piperidine rings is 1. The molecule has 1 heterocycles. The third kappa shape index (κ3) is 2.54. The number of likely N-dealkylation sites (tertiary alicyclic amines) is 1. The smallest absolute Gasteiger partial charge is 0.275 e. The van der Waals surface area contributed by atoms with Crippen LogP contribution in [0.3, 0.4) is 0 Å². The lowest BCUT2D eigenvalue weighted by molar-refractivity contribution is -0.101. The van der Waals surface area contributed by atoms with Crippen molar-refractivity contribution in [2.75, 3.05) is 13.1 Å². The Kier molecular flexibility index (Phi) is 3.50. The molecule has 1 N–H and O–H groups in total. The maximum Gasteiger partial charge on any atom is 0.275 e. The first-order valence-electron chi connectivity index (χ1n) is 6.37. The van der Waals surface area contributed by atoms with E-state index < -0.39 is 12.0 Å². The van der Waals surface area contributed by atoms with E-state index in [1.54, 1.807) is 0 Å². The third-order valence-corrected chi connectivity index (χ3v) is 3.90. The molecule has 1 aliphatic heterocycles. The van der Waals surface area contributed by atoms with Gasteiger partial charge in [-0.15, -0.1) is 0 Å². The van der Waals surface area contributed by atoms with Gasteiger partial charge in [0, 0.05) is 18.6 Å². The Morgan fingerprint density at radius 3 is 2.38 bits per heavy atom. The minimum absolute atomic E-state index is 0.0882. The van der Waals surface area contributed by atoms with Crippen LogP contribution in [-0.4, -0.2) is 42.0 Å². The Morgan fingerprint density at radius 1 is 1.25 bits per heavy atom. The highest BCUT2D eigenvalue weighted by Gasteiger charge is 2.45. The molecule has 1 atom stereocenters. The summed E-state index contributed by atoms with van der Waals surface area (Å²) in [5.74, 6) is -2.57. The van der Waals surface area contributed by atoms with Gasteiger partial charge in [0.15, 0.2) is 0 Å². The number of hydrogen-bond acceptors (Lipinski definition) is 2. The second-order valence-electron chi connectivity index (χ2n) is 5.46. The minimum atomic E-state index is -2.57. The van der Waals surface area contributed by atoms with Crippen LogP contribution in [0.2, 0.25) is 0 Å². The average Bonchev–Trinajstić information content (AvgIpc) is 2.11. The molecule has 2 fully saturated rings. The number of hydrogen-bond donors (Lipinski definition) is 1. The van der Waals surface area contributed by atoms with Gasteiger partial charge in [0.05, 0.1) is 12.6 Å². The molecule has 1 saturated carbocycles. The highest BCUT2D eigenvalue weighted by Crippen LogP contribution is 2.30. The second kappa shape index (κ2) is 4.57. The van der Waals surface area contributed by atoms with E-state index in [1.165, 1.54) is 6.42 Å². The van der Waals surface area contributed by atoms with Crippen LogP contribution < -0.4 is 5.32 Å². The van der Waals surface area contributed by atoms with Crippen LogP contribution in [0.25, 0.3) is 0 Å². The van der Waals surface area contributed by atoms with Gasteiger partial charge >= 0.3 is 0 Å². The van der Waals surface area contributed by atoms with E-state index in [0.29, 0.717) is 12.5 Å². The fourth-order valence-electron chi connectivity index (χ4n) is 2.47. The molecule has 0 aromatic heterocycles. The highest BCUT2D eigenvalue weighted by atomic mass is 19.3. The van der Waals surface area contributed by atoms with Crippen LogP contribution in [0.1, 0.15) is 39.5 Å². The van der Waals surface area contributed by atoms with Crippen LogP contribution in [0.5, 0.6) is 0 Å². The van der Waals surface area contributed by atoms with Gasteiger partial charge in [0.2, 0.25) is 0 Å². The molecule has 0 bridgehead atoms. The Balaban J connectivity index is 1.90. The van der Waals surface area contributed by atoms with Crippen molar-refractivity contribution in [1.82, 2.24) is 10.2 Å². The van der Waals surface area contributed by atoms with Crippen molar-refractivity contribution in [3.63, 3.8) is 0 Å². The Morgan fingerprint density at radius 2 is 1.94 bits per heavy atom. The Bertz CT molecular complexity index is 239. The maximum absolute atomic E-state index is 13.9. The lowest BCUT2D eigenvalue weighted by atomic mass is 9.90. The maximum atomic E-state index is 13.9. The molecule has 2 rings (SSSR count). The predicted octanol–water partition coefficient (Wildman–Crippen LogP) is 2.25. The van der Waals surface area contributed by atoms with E-state index in [0.717, 1.165) is 19.4 Å². The Hall–Kier alpha value is -0.220. The first-order chi connectivity index (χ1) is 7.49. The molecule has 2 nitrogen and oxygen atoms in total. The SMILES string of the molecule is CC(C)N1CCC(NC2CCC2)C(F)(F)C1. The molecule has 1 saturated heterocycles. The second-order valence-corrected chi connectivity index (χ2v) is 5.46. The van der Waals surface area contributed by atoms with E-state index in [9.17, 15) is 8.78 Å². The minimum Gasteiger partial charge on any atom is -0.306 e.